The van der Waals surface area contributed by atoms with E-state index in [1.54, 1.807) is 30.3 Å². The number of hydrogen-bond donors (Lipinski definition) is 3. The summed E-state index contributed by atoms with van der Waals surface area (Å²) in [4.78, 5) is 10.4. The zero-order valence-electron chi connectivity index (χ0n) is 7.91. The van der Waals surface area contributed by atoms with E-state index in [2.05, 4.69) is 4.74 Å². The van der Waals surface area contributed by atoms with Crippen molar-refractivity contribution in [3.63, 3.8) is 0 Å². The molecule has 0 aliphatic rings. The number of benzene rings is 1. The Morgan fingerprint density at radius 1 is 1.33 bits per heavy atom. The fraction of sp³-hybridized carbons (Fsp3) is 0.300. The lowest BCUT2D eigenvalue weighted by Crippen LogP contribution is -2.26. The molecular weight excluding hydrogens is 200 g/mol. The molecule has 0 saturated carbocycles. The van der Waals surface area contributed by atoms with Crippen LogP contribution in [0, 0.1) is 0 Å². The largest absolute Gasteiger partial charge is 0.506 e. The third-order valence-corrected chi connectivity index (χ3v) is 1.89. The van der Waals surface area contributed by atoms with Crippen LogP contribution in [0.15, 0.2) is 30.3 Å². The number of carboxylic acid groups (broad SMARTS) is 1. The summed E-state index contributed by atoms with van der Waals surface area (Å²) in [5, 5.41) is 26.6. The van der Waals surface area contributed by atoms with Crippen molar-refractivity contribution in [3.8, 4) is 0 Å². The van der Waals surface area contributed by atoms with Gasteiger partial charge in [-0.05, 0) is 5.56 Å². The van der Waals surface area contributed by atoms with Gasteiger partial charge >= 0.3 is 6.16 Å². The third kappa shape index (κ3) is 3.23. The topological polar surface area (TPSA) is 87.0 Å². The summed E-state index contributed by atoms with van der Waals surface area (Å²) in [6.45, 7) is -0.563. The molecule has 5 heteroatoms. The maximum absolute atomic E-state index is 10.4. The zero-order chi connectivity index (χ0) is 11.3. The molecule has 1 aromatic carbocycles. The third-order valence-electron chi connectivity index (χ3n) is 1.89. The van der Waals surface area contributed by atoms with E-state index in [-0.39, 0.29) is 0 Å². The summed E-state index contributed by atoms with van der Waals surface area (Å²) >= 11 is 0. The van der Waals surface area contributed by atoms with Crippen molar-refractivity contribution < 1.29 is 24.9 Å². The maximum Gasteiger partial charge on any atom is 0.506 e. The average molecular weight is 212 g/mol. The SMILES string of the molecule is O=C(O)OC(c1ccccc1)C(O)CO. The molecule has 0 bridgehead atoms. The normalized spacial score (nSPS) is 14.3. The predicted molar refractivity (Wildman–Crippen MR) is 51.4 cm³/mol. The smallest absolute Gasteiger partial charge is 0.450 e. The highest BCUT2D eigenvalue weighted by Crippen LogP contribution is 2.21. The van der Waals surface area contributed by atoms with Crippen LogP contribution in [0.4, 0.5) is 4.79 Å². The van der Waals surface area contributed by atoms with E-state index in [1.807, 2.05) is 0 Å². The Kier molecular flexibility index (Phi) is 4.08. The van der Waals surface area contributed by atoms with E-state index >= 15 is 0 Å². The second kappa shape index (κ2) is 5.33. The molecular formula is C10H12O5. The maximum atomic E-state index is 10.4. The molecule has 0 fully saturated rings. The first-order valence-electron chi connectivity index (χ1n) is 4.38. The lowest BCUT2D eigenvalue weighted by Gasteiger charge is -2.20. The number of hydrogen-bond acceptors (Lipinski definition) is 4. The molecule has 3 N–H and O–H groups in total. The van der Waals surface area contributed by atoms with Gasteiger partial charge in [0.1, 0.15) is 6.10 Å². The standard InChI is InChI=1S/C10H12O5/c11-6-8(12)9(15-10(13)14)7-4-2-1-3-5-7/h1-5,8-9,11-12H,6H2,(H,13,14). The van der Waals surface area contributed by atoms with Crippen molar-refractivity contribution in [2.45, 2.75) is 12.2 Å². The molecule has 1 rings (SSSR count). The molecule has 1 aromatic rings. The number of carbonyl (C=O) groups is 1. The van der Waals surface area contributed by atoms with Crippen molar-refractivity contribution in [2.75, 3.05) is 6.61 Å². The fourth-order valence-electron chi connectivity index (χ4n) is 1.22. The molecule has 2 unspecified atom stereocenters. The summed E-state index contributed by atoms with van der Waals surface area (Å²) in [7, 11) is 0. The van der Waals surface area contributed by atoms with E-state index in [0.717, 1.165) is 0 Å². The van der Waals surface area contributed by atoms with Gasteiger partial charge in [0.05, 0.1) is 6.61 Å². The number of aliphatic hydroxyl groups excluding tert-OH is 2. The van der Waals surface area contributed by atoms with Crippen molar-refractivity contribution in [3.05, 3.63) is 35.9 Å². The Morgan fingerprint density at radius 3 is 2.40 bits per heavy atom. The van der Waals surface area contributed by atoms with Crippen LogP contribution in [0.1, 0.15) is 11.7 Å². The number of rotatable bonds is 4. The lowest BCUT2D eigenvalue weighted by atomic mass is 10.1. The predicted octanol–water partition coefficient (Wildman–Crippen LogP) is 0.775. The Labute approximate surface area is 86.5 Å². The minimum Gasteiger partial charge on any atom is -0.450 e. The summed E-state index contributed by atoms with van der Waals surface area (Å²) in [6.07, 6.45) is -3.81. The van der Waals surface area contributed by atoms with E-state index in [9.17, 15) is 9.90 Å². The molecule has 5 nitrogen and oxygen atoms in total. The molecule has 0 aliphatic heterocycles. The number of ether oxygens (including phenoxy) is 1. The molecule has 15 heavy (non-hydrogen) atoms. The van der Waals surface area contributed by atoms with Gasteiger partial charge in [0.15, 0.2) is 6.10 Å². The monoisotopic (exact) mass is 212 g/mol. The lowest BCUT2D eigenvalue weighted by molar-refractivity contribution is -0.0412. The second-order valence-corrected chi connectivity index (χ2v) is 2.96. The van der Waals surface area contributed by atoms with Crippen molar-refractivity contribution in [2.24, 2.45) is 0 Å². The fourth-order valence-corrected chi connectivity index (χ4v) is 1.22. The summed E-state index contributed by atoms with van der Waals surface area (Å²) in [5.74, 6) is 0. The molecule has 0 amide bonds. The van der Waals surface area contributed by atoms with Crippen LogP contribution < -0.4 is 0 Å². The van der Waals surface area contributed by atoms with Gasteiger partial charge in [-0.1, -0.05) is 30.3 Å². The minimum absolute atomic E-state index is 0.501. The van der Waals surface area contributed by atoms with Crippen molar-refractivity contribution in [1.82, 2.24) is 0 Å². The molecule has 0 heterocycles. The Morgan fingerprint density at radius 2 is 1.93 bits per heavy atom. The average Bonchev–Trinajstić information content (AvgIpc) is 2.26. The quantitative estimate of drug-likeness (QED) is 0.642. The van der Waals surface area contributed by atoms with E-state index in [0.29, 0.717) is 5.56 Å². The first-order valence-corrected chi connectivity index (χ1v) is 4.38. The van der Waals surface area contributed by atoms with Gasteiger partial charge in [-0.25, -0.2) is 4.79 Å². The summed E-state index contributed by atoms with van der Waals surface area (Å²) in [5.41, 5.74) is 0.501. The minimum atomic E-state index is -1.49. The van der Waals surface area contributed by atoms with Crippen LogP contribution in [0.5, 0.6) is 0 Å². The molecule has 0 aliphatic carbocycles. The van der Waals surface area contributed by atoms with E-state index in [1.165, 1.54) is 0 Å². The highest BCUT2D eigenvalue weighted by Gasteiger charge is 2.24. The Hall–Kier alpha value is -1.59. The van der Waals surface area contributed by atoms with E-state index < -0.39 is 25.0 Å². The molecule has 82 valence electrons. The van der Waals surface area contributed by atoms with Gasteiger partial charge < -0.3 is 20.1 Å². The first kappa shape index (κ1) is 11.5. The van der Waals surface area contributed by atoms with Gasteiger partial charge in [-0.15, -0.1) is 0 Å². The molecule has 0 saturated heterocycles. The van der Waals surface area contributed by atoms with E-state index in [4.69, 9.17) is 10.2 Å². The molecule has 0 radical (unpaired) electrons. The molecule has 2 atom stereocenters. The van der Waals surface area contributed by atoms with Gasteiger partial charge in [0.25, 0.3) is 0 Å². The van der Waals surface area contributed by atoms with Crippen LogP contribution in [0.3, 0.4) is 0 Å². The van der Waals surface area contributed by atoms with Crippen molar-refractivity contribution >= 4 is 6.16 Å². The molecule has 0 spiro atoms. The summed E-state index contributed by atoms with van der Waals surface area (Å²) < 4.78 is 4.50. The molecule has 0 aromatic heterocycles. The van der Waals surface area contributed by atoms with Gasteiger partial charge in [-0.2, -0.15) is 0 Å². The van der Waals surface area contributed by atoms with Crippen LogP contribution >= 0.6 is 0 Å². The zero-order valence-corrected chi connectivity index (χ0v) is 7.91. The van der Waals surface area contributed by atoms with Crippen LogP contribution in [-0.2, 0) is 4.74 Å². The highest BCUT2D eigenvalue weighted by atomic mass is 16.7. The van der Waals surface area contributed by atoms with Gasteiger partial charge in [0.2, 0.25) is 0 Å². The van der Waals surface area contributed by atoms with Gasteiger partial charge in [-0.3, -0.25) is 0 Å². The Bertz CT molecular complexity index is 311. The van der Waals surface area contributed by atoms with Crippen LogP contribution in [0.25, 0.3) is 0 Å². The number of aliphatic hydroxyl groups is 2. The first-order chi connectivity index (χ1) is 7.15. The van der Waals surface area contributed by atoms with Crippen LogP contribution in [0.2, 0.25) is 0 Å². The second-order valence-electron chi connectivity index (χ2n) is 2.96. The summed E-state index contributed by atoms with van der Waals surface area (Å²) in [6, 6.07) is 8.38. The Balaban J connectivity index is 2.86. The van der Waals surface area contributed by atoms with Crippen molar-refractivity contribution in [1.29, 1.82) is 0 Å². The highest BCUT2D eigenvalue weighted by molar-refractivity contribution is 5.57. The van der Waals surface area contributed by atoms with Crippen LogP contribution in [-0.4, -0.2) is 34.2 Å². The van der Waals surface area contributed by atoms with Gasteiger partial charge in [0, 0.05) is 0 Å².